The minimum atomic E-state index is 0.0267. The summed E-state index contributed by atoms with van der Waals surface area (Å²) >= 11 is 0. The van der Waals surface area contributed by atoms with Crippen molar-refractivity contribution in [2.24, 2.45) is 23.7 Å². The number of benzene rings is 6. The molecule has 6 aromatic carbocycles. The van der Waals surface area contributed by atoms with Gasteiger partial charge in [-0.05, 0) is 154 Å². The van der Waals surface area contributed by atoms with Gasteiger partial charge in [-0.25, -0.2) is 4.98 Å². The summed E-state index contributed by atoms with van der Waals surface area (Å²) in [6.07, 6.45) is 6.74. The first-order valence-electron chi connectivity index (χ1n) is 19.0. The number of rotatable bonds is 4. The highest BCUT2D eigenvalue weighted by atomic mass is 14.7. The Kier molecular flexibility index (Phi) is 6.53. The van der Waals surface area contributed by atoms with Crippen LogP contribution in [0.4, 0.5) is 0 Å². The summed E-state index contributed by atoms with van der Waals surface area (Å²) in [5.41, 5.74) is 15.4. The topological polar surface area (TPSA) is 36.7 Å². The van der Waals surface area contributed by atoms with E-state index < -0.39 is 0 Å². The number of nitrogens with zero attached hydrogens (tertiary/aromatic N) is 2. The Labute approximate surface area is 305 Å². The zero-order valence-electron chi connectivity index (χ0n) is 29.1. The molecule has 4 fully saturated rings. The van der Waals surface area contributed by atoms with E-state index in [2.05, 4.69) is 146 Å². The molecule has 0 atom stereocenters. The van der Waals surface area contributed by atoms with Gasteiger partial charge in [0.05, 0.1) is 23.0 Å². The van der Waals surface area contributed by atoms with E-state index in [-0.39, 0.29) is 5.41 Å². The minimum Gasteiger partial charge on any atom is -0.248 e. The lowest BCUT2D eigenvalue weighted by molar-refractivity contribution is -0.0399. The van der Waals surface area contributed by atoms with Crippen molar-refractivity contribution < 1.29 is 0 Å². The van der Waals surface area contributed by atoms with E-state index in [4.69, 9.17) is 4.98 Å². The fraction of sp³-hybridized carbons (Fsp3) is 0.200. The third-order valence-electron chi connectivity index (χ3n) is 13.2. The SMILES string of the molecule is N#Cc1ccc2c(c1)C1(c3ccc(-c4cc(-c5ccccc5)nc(-c5cc(-c6ccccc6)cc6ccccc56)c4)cc3-2)C2CC3CC(C2)CC1C3. The molecule has 0 aliphatic heterocycles. The lowest BCUT2D eigenvalue weighted by Gasteiger charge is -2.61. The Balaban J connectivity index is 1.12. The molecule has 52 heavy (non-hydrogen) atoms. The van der Waals surface area contributed by atoms with Gasteiger partial charge >= 0.3 is 0 Å². The van der Waals surface area contributed by atoms with Gasteiger partial charge in [0.25, 0.3) is 0 Å². The zero-order valence-corrected chi connectivity index (χ0v) is 29.1. The van der Waals surface area contributed by atoms with Crippen molar-refractivity contribution in [1.29, 1.82) is 5.26 Å². The molecule has 1 heterocycles. The Bertz CT molecular complexity index is 2560. The van der Waals surface area contributed by atoms with Crippen LogP contribution in [0.3, 0.4) is 0 Å². The number of hydrogen-bond donors (Lipinski definition) is 0. The molecular weight excluding hydrogens is 629 g/mol. The standard InChI is InChI=1S/C50H38N2/c51-30-31-15-17-43-44-26-36(16-18-46(44)50(47(43)24-31)40-20-32-19-33(22-40)23-41(50)21-32)39-28-48(35-11-5-2-6-12-35)52-49(29-39)45-27-38(34-9-3-1-4-10-34)25-37-13-7-8-14-42(37)45/h1-18,24-29,32-33,40-41H,19-23H2. The monoisotopic (exact) mass is 666 g/mol. The van der Waals surface area contributed by atoms with Gasteiger partial charge in [0.1, 0.15) is 0 Å². The van der Waals surface area contributed by atoms with Crippen molar-refractivity contribution in [3.05, 3.63) is 162 Å². The quantitative estimate of drug-likeness (QED) is 0.187. The van der Waals surface area contributed by atoms with Gasteiger partial charge in [0.15, 0.2) is 0 Å². The molecule has 2 nitrogen and oxygen atoms in total. The maximum Gasteiger partial charge on any atom is 0.0991 e. The summed E-state index contributed by atoms with van der Waals surface area (Å²) in [7, 11) is 0. The van der Waals surface area contributed by atoms with E-state index >= 15 is 0 Å². The molecule has 0 N–H and O–H groups in total. The Morgan fingerprint density at radius 2 is 1.13 bits per heavy atom. The van der Waals surface area contributed by atoms with E-state index in [0.29, 0.717) is 11.8 Å². The smallest absolute Gasteiger partial charge is 0.0991 e. The van der Waals surface area contributed by atoms with E-state index in [1.807, 2.05) is 6.07 Å². The predicted octanol–water partition coefficient (Wildman–Crippen LogP) is 12.5. The van der Waals surface area contributed by atoms with Crippen LogP contribution in [-0.4, -0.2) is 4.98 Å². The maximum atomic E-state index is 10.0. The molecule has 1 aromatic heterocycles. The first-order chi connectivity index (χ1) is 25.7. The summed E-state index contributed by atoms with van der Waals surface area (Å²) in [5.74, 6) is 3.07. The van der Waals surface area contributed by atoms with Crippen molar-refractivity contribution >= 4 is 10.8 Å². The van der Waals surface area contributed by atoms with Crippen LogP contribution >= 0.6 is 0 Å². The molecule has 0 amide bonds. The Hall–Kier alpha value is -5.78. The number of pyridine rings is 1. The van der Waals surface area contributed by atoms with Crippen molar-refractivity contribution in [1.82, 2.24) is 4.98 Å². The van der Waals surface area contributed by atoms with Crippen molar-refractivity contribution in [3.8, 4) is 62.0 Å². The molecule has 2 heteroatoms. The van der Waals surface area contributed by atoms with E-state index in [1.54, 1.807) is 0 Å². The van der Waals surface area contributed by atoms with Gasteiger partial charge in [-0.15, -0.1) is 0 Å². The molecular formula is C50H38N2. The van der Waals surface area contributed by atoms with Gasteiger partial charge in [0.2, 0.25) is 0 Å². The average Bonchev–Trinajstić information content (AvgIpc) is 3.49. The van der Waals surface area contributed by atoms with Gasteiger partial charge in [-0.3, -0.25) is 0 Å². The van der Waals surface area contributed by atoms with Crippen molar-refractivity contribution in [2.75, 3.05) is 0 Å². The highest BCUT2D eigenvalue weighted by Crippen LogP contribution is 2.69. The largest absolute Gasteiger partial charge is 0.248 e. The molecule has 0 radical (unpaired) electrons. The summed E-state index contributed by atoms with van der Waals surface area (Å²) in [6, 6.07) is 55.5. The summed E-state index contributed by atoms with van der Waals surface area (Å²) in [6.45, 7) is 0. The number of hydrogen-bond acceptors (Lipinski definition) is 2. The molecule has 0 saturated heterocycles. The molecule has 5 aliphatic carbocycles. The van der Waals surface area contributed by atoms with Crippen LogP contribution in [-0.2, 0) is 5.41 Å². The first-order valence-corrected chi connectivity index (χ1v) is 19.0. The summed E-state index contributed by atoms with van der Waals surface area (Å²) in [4.78, 5) is 5.40. The van der Waals surface area contributed by atoms with Crippen molar-refractivity contribution in [3.63, 3.8) is 0 Å². The normalized spacial score (nSPS) is 23.4. The Morgan fingerprint density at radius 1 is 0.481 bits per heavy atom. The van der Waals surface area contributed by atoms with Crippen LogP contribution in [0.15, 0.2) is 146 Å². The van der Waals surface area contributed by atoms with Crippen LogP contribution in [0.5, 0.6) is 0 Å². The zero-order chi connectivity index (χ0) is 34.4. The van der Waals surface area contributed by atoms with Gasteiger partial charge in [-0.1, -0.05) is 103 Å². The molecule has 1 spiro atoms. The number of aromatic nitrogens is 1. The second-order valence-corrected chi connectivity index (χ2v) is 15.9. The van der Waals surface area contributed by atoms with Crippen LogP contribution in [0, 0.1) is 35.0 Å². The molecule has 0 unspecified atom stereocenters. The van der Waals surface area contributed by atoms with Crippen LogP contribution in [0.1, 0.15) is 48.8 Å². The molecule has 4 bridgehead atoms. The predicted molar refractivity (Wildman–Crippen MR) is 211 cm³/mol. The van der Waals surface area contributed by atoms with Gasteiger partial charge < -0.3 is 0 Å². The number of fused-ring (bicyclic) bond motifs is 4. The van der Waals surface area contributed by atoms with Crippen LogP contribution in [0.25, 0.3) is 66.7 Å². The third-order valence-corrected chi connectivity index (χ3v) is 13.2. The lowest BCUT2D eigenvalue weighted by atomic mass is 9.43. The second kappa shape index (κ2) is 11.4. The van der Waals surface area contributed by atoms with Gasteiger partial charge in [-0.2, -0.15) is 5.26 Å². The van der Waals surface area contributed by atoms with Crippen LogP contribution in [0.2, 0.25) is 0 Å². The van der Waals surface area contributed by atoms with E-state index in [9.17, 15) is 5.26 Å². The maximum absolute atomic E-state index is 10.0. The highest BCUT2D eigenvalue weighted by Gasteiger charge is 2.61. The number of nitriles is 1. The van der Waals surface area contributed by atoms with E-state index in [0.717, 1.165) is 39.9 Å². The average molecular weight is 667 g/mol. The molecule has 12 rings (SSSR count). The molecule has 4 saturated carbocycles. The second-order valence-electron chi connectivity index (χ2n) is 15.9. The molecule has 248 valence electrons. The fourth-order valence-electron chi connectivity index (χ4n) is 11.4. The van der Waals surface area contributed by atoms with E-state index in [1.165, 1.54) is 87.4 Å². The first kappa shape index (κ1) is 29.9. The summed E-state index contributed by atoms with van der Waals surface area (Å²) in [5, 5.41) is 12.5. The minimum absolute atomic E-state index is 0.0267. The fourth-order valence-corrected chi connectivity index (χ4v) is 11.4. The highest BCUT2D eigenvalue weighted by molar-refractivity contribution is 6.00. The summed E-state index contributed by atoms with van der Waals surface area (Å²) < 4.78 is 0. The molecule has 7 aromatic rings. The van der Waals surface area contributed by atoms with Crippen LogP contribution < -0.4 is 0 Å². The lowest BCUT2D eigenvalue weighted by Crippen LogP contribution is -2.55. The van der Waals surface area contributed by atoms with Crippen molar-refractivity contribution in [2.45, 2.75) is 37.5 Å². The molecule has 5 aliphatic rings. The third kappa shape index (κ3) is 4.39. The van der Waals surface area contributed by atoms with Gasteiger partial charge in [0, 0.05) is 16.5 Å². The Morgan fingerprint density at radius 3 is 1.88 bits per heavy atom.